The molecule has 2 aromatic rings. The third-order valence-electron chi connectivity index (χ3n) is 3.13. The summed E-state index contributed by atoms with van der Waals surface area (Å²) >= 11 is 1.70. The van der Waals surface area contributed by atoms with Gasteiger partial charge < -0.3 is 10.6 Å². The van der Waals surface area contributed by atoms with Crippen LogP contribution in [-0.4, -0.2) is 17.2 Å². The lowest BCUT2D eigenvalue weighted by Gasteiger charge is -2.21. The van der Waals surface area contributed by atoms with Gasteiger partial charge in [-0.05, 0) is 41.8 Å². The molecule has 0 amide bonds. The first-order chi connectivity index (χ1) is 8.63. The van der Waals surface area contributed by atoms with Crippen LogP contribution in [0.25, 0.3) is 0 Å². The summed E-state index contributed by atoms with van der Waals surface area (Å²) in [5, 5.41) is 12.7. The molecule has 0 aromatic carbocycles. The van der Waals surface area contributed by atoms with E-state index >= 15 is 0 Å². The molecule has 2 N–H and O–H groups in total. The molecule has 0 saturated heterocycles. The molecule has 2 rings (SSSR count). The zero-order valence-electron chi connectivity index (χ0n) is 11.0. The molecule has 96 valence electrons. The van der Waals surface area contributed by atoms with Crippen LogP contribution in [-0.2, 0) is 13.1 Å². The SMILES string of the molecule is Cc1nnc(N(C)Cc2ccsc2)c(CN)c1C. The van der Waals surface area contributed by atoms with Gasteiger partial charge in [0, 0.05) is 25.7 Å². The minimum absolute atomic E-state index is 0.492. The monoisotopic (exact) mass is 262 g/mol. The van der Waals surface area contributed by atoms with Crippen molar-refractivity contribution in [3.8, 4) is 0 Å². The maximum absolute atomic E-state index is 5.84. The highest BCUT2D eigenvalue weighted by atomic mass is 32.1. The summed E-state index contributed by atoms with van der Waals surface area (Å²) in [5.41, 5.74) is 10.3. The van der Waals surface area contributed by atoms with Crippen molar-refractivity contribution in [3.63, 3.8) is 0 Å². The summed E-state index contributed by atoms with van der Waals surface area (Å²) in [6.07, 6.45) is 0. The number of hydrogen-bond donors (Lipinski definition) is 1. The smallest absolute Gasteiger partial charge is 0.156 e. The van der Waals surface area contributed by atoms with E-state index in [1.54, 1.807) is 11.3 Å². The van der Waals surface area contributed by atoms with Gasteiger partial charge in [-0.3, -0.25) is 0 Å². The number of nitrogens with zero attached hydrogens (tertiary/aromatic N) is 3. The highest BCUT2D eigenvalue weighted by Gasteiger charge is 2.13. The van der Waals surface area contributed by atoms with Crippen LogP contribution >= 0.6 is 11.3 Å². The standard InChI is InChI=1S/C13H18N4S/c1-9-10(2)15-16-13(12(9)6-14)17(3)7-11-4-5-18-8-11/h4-5,8H,6-7,14H2,1-3H3. The molecular formula is C13H18N4S. The zero-order valence-corrected chi connectivity index (χ0v) is 11.8. The van der Waals surface area contributed by atoms with E-state index in [1.807, 2.05) is 20.9 Å². The Kier molecular flexibility index (Phi) is 3.93. The first-order valence-corrected chi connectivity index (χ1v) is 6.82. The number of anilines is 1. The van der Waals surface area contributed by atoms with Gasteiger partial charge in [-0.1, -0.05) is 0 Å². The first-order valence-electron chi connectivity index (χ1n) is 5.88. The summed E-state index contributed by atoms with van der Waals surface area (Å²) in [6.45, 7) is 5.33. The molecule has 0 aliphatic carbocycles. The van der Waals surface area contributed by atoms with Crippen LogP contribution in [0.15, 0.2) is 16.8 Å². The fourth-order valence-electron chi connectivity index (χ4n) is 1.93. The Morgan fingerprint density at radius 1 is 1.33 bits per heavy atom. The Balaban J connectivity index is 2.30. The van der Waals surface area contributed by atoms with Crippen LogP contribution < -0.4 is 10.6 Å². The van der Waals surface area contributed by atoms with Gasteiger partial charge in [-0.2, -0.15) is 16.4 Å². The number of rotatable bonds is 4. The molecule has 0 atom stereocenters. The average molecular weight is 262 g/mol. The first kappa shape index (κ1) is 13.0. The summed E-state index contributed by atoms with van der Waals surface area (Å²) in [5.74, 6) is 0.881. The number of thiophene rings is 1. The van der Waals surface area contributed by atoms with Gasteiger partial charge in [-0.25, -0.2) is 0 Å². The number of nitrogens with two attached hydrogens (primary N) is 1. The topological polar surface area (TPSA) is 55.0 Å². The van der Waals surface area contributed by atoms with Crippen LogP contribution in [0.2, 0.25) is 0 Å². The molecule has 0 aliphatic heterocycles. The van der Waals surface area contributed by atoms with Crippen molar-refractivity contribution in [1.29, 1.82) is 0 Å². The highest BCUT2D eigenvalue weighted by Crippen LogP contribution is 2.22. The molecule has 0 radical (unpaired) electrons. The highest BCUT2D eigenvalue weighted by molar-refractivity contribution is 7.07. The second-order valence-corrected chi connectivity index (χ2v) is 5.18. The van der Waals surface area contributed by atoms with Gasteiger partial charge in [0.25, 0.3) is 0 Å². The van der Waals surface area contributed by atoms with Gasteiger partial charge in [0.05, 0.1) is 5.69 Å². The Bertz CT molecular complexity index is 522. The molecule has 0 unspecified atom stereocenters. The normalized spacial score (nSPS) is 10.7. The third-order valence-corrected chi connectivity index (χ3v) is 3.86. The van der Waals surface area contributed by atoms with Gasteiger partial charge in [0.15, 0.2) is 5.82 Å². The zero-order chi connectivity index (χ0) is 13.1. The second-order valence-electron chi connectivity index (χ2n) is 4.40. The molecule has 0 spiro atoms. The van der Waals surface area contributed by atoms with E-state index in [0.29, 0.717) is 6.54 Å². The van der Waals surface area contributed by atoms with E-state index < -0.39 is 0 Å². The van der Waals surface area contributed by atoms with Gasteiger partial charge in [-0.15, -0.1) is 5.10 Å². The molecule has 18 heavy (non-hydrogen) atoms. The van der Waals surface area contributed by atoms with E-state index in [1.165, 1.54) is 5.56 Å². The Hall–Kier alpha value is -1.46. The van der Waals surface area contributed by atoms with E-state index in [4.69, 9.17) is 5.73 Å². The fraction of sp³-hybridized carbons (Fsp3) is 0.385. The molecular weight excluding hydrogens is 244 g/mol. The van der Waals surface area contributed by atoms with Gasteiger partial charge >= 0.3 is 0 Å². The van der Waals surface area contributed by atoms with Crippen LogP contribution in [0.4, 0.5) is 5.82 Å². The van der Waals surface area contributed by atoms with Crippen molar-refractivity contribution in [1.82, 2.24) is 10.2 Å². The predicted octanol–water partition coefficient (Wildman–Crippen LogP) is 2.25. The van der Waals surface area contributed by atoms with Crippen molar-refractivity contribution in [3.05, 3.63) is 39.2 Å². The average Bonchev–Trinajstić information content (AvgIpc) is 2.85. The van der Waals surface area contributed by atoms with Crippen molar-refractivity contribution in [2.24, 2.45) is 5.73 Å². The third kappa shape index (κ3) is 2.52. The van der Waals surface area contributed by atoms with Crippen LogP contribution in [0.3, 0.4) is 0 Å². The molecule has 2 heterocycles. The maximum Gasteiger partial charge on any atom is 0.156 e. The summed E-state index contributed by atoms with van der Waals surface area (Å²) < 4.78 is 0. The Morgan fingerprint density at radius 3 is 2.72 bits per heavy atom. The summed E-state index contributed by atoms with van der Waals surface area (Å²) in [7, 11) is 2.02. The van der Waals surface area contributed by atoms with E-state index in [-0.39, 0.29) is 0 Å². The maximum atomic E-state index is 5.84. The summed E-state index contributed by atoms with van der Waals surface area (Å²) in [4.78, 5) is 2.10. The lowest BCUT2D eigenvalue weighted by molar-refractivity contribution is 0.824. The van der Waals surface area contributed by atoms with Crippen LogP contribution in [0.5, 0.6) is 0 Å². The van der Waals surface area contributed by atoms with Crippen molar-refractivity contribution in [2.75, 3.05) is 11.9 Å². The molecule has 0 bridgehead atoms. The predicted molar refractivity (Wildman–Crippen MR) is 75.8 cm³/mol. The lowest BCUT2D eigenvalue weighted by Crippen LogP contribution is -2.22. The molecule has 0 aliphatic rings. The largest absolute Gasteiger partial charge is 0.354 e. The van der Waals surface area contributed by atoms with E-state index in [2.05, 4.69) is 31.9 Å². The minimum atomic E-state index is 0.492. The van der Waals surface area contributed by atoms with E-state index in [9.17, 15) is 0 Å². The number of aryl methyl sites for hydroxylation is 1. The second kappa shape index (κ2) is 5.46. The van der Waals surface area contributed by atoms with E-state index in [0.717, 1.165) is 29.2 Å². The lowest BCUT2D eigenvalue weighted by atomic mass is 10.1. The number of aromatic nitrogens is 2. The molecule has 4 nitrogen and oxygen atoms in total. The quantitative estimate of drug-likeness (QED) is 0.918. The van der Waals surface area contributed by atoms with Gasteiger partial charge in [0.1, 0.15) is 0 Å². The Labute approximate surface area is 111 Å². The molecule has 0 fully saturated rings. The van der Waals surface area contributed by atoms with Gasteiger partial charge in [0.2, 0.25) is 0 Å². The van der Waals surface area contributed by atoms with Crippen LogP contribution in [0.1, 0.15) is 22.4 Å². The molecule has 0 saturated carbocycles. The Morgan fingerprint density at radius 2 is 2.11 bits per heavy atom. The molecule has 5 heteroatoms. The van der Waals surface area contributed by atoms with Crippen molar-refractivity contribution >= 4 is 17.2 Å². The number of hydrogen-bond acceptors (Lipinski definition) is 5. The van der Waals surface area contributed by atoms with Crippen molar-refractivity contribution < 1.29 is 0 Å². The minimum Gasteiger partial charge on any atom is -0.354 e. The van der Waals surface area contributed by atoms with Crippen LogP contribution in [0, 0.1) is 13.8 Å². The van der Waals surface area contributed by atoms with Crippen molar-refractivity contribution in [2.45, 2.75) is 26.9 Å². The fourth-order valence-corrected chi connectivity index (χ4v) is 2.59. The molecule has 2 aromatic heterocycles. The summed E-state index contributed by atoms with van der Waals surface area (Å²) in [6, 6.07) is 2.12.